The summed E-state index contributed by atoms with van der Waals surface area (Å²) in [7, 11) is 1.94. The van der Waals surface area contributed by atoms with Crippen molar-refractivity contribution in [3.63, 3.8) is 0 Å². The number of hydrogen-bond acceptors (Lipinski definition) is 1. The quantitative estimate of drug-likeness (QED) is 0.409. The molecule has 0 radical (unpaired) electrons. The predicted octanol–water partition coefficient (Wildman–Crippen LogP) is -2.61. The molecule has 1 N–H and O–H groups in total. The summed E-state index contributed by atoms with van der Waals surface area (Å²) in [4.78, 5) is 0. The minimum Gasteiger partial charge on any atom is -1.00 e. The van der Waals surface area contributed by atoms with Gasteiger partial charge in [0.05, 0.1) is 0 Å². The summed E-state index contributed by atoms with van der Waals surface area (Å²) in [6, 6.07) is 7.98. The molecule has 0 aliphatic carbocycles. The molecule has 0 bridgehead atoms. The highest BCUT2D eigenvalue weighted by atomic mass is 127. The molecular weight excluding hydrogens is 253 g/mol. The van der Waals surface area contributed by atoms with Crippen LogP contribution in [0.1, 0.15) is 0 Å². The van der Waals surface area contributed by atoms with Crippen LogP contribution in [0.4, 0.5) is 0 Å². The van der Waals surface area contributed by atoms with E-state index in [0.717, 1.165) is 11.0 Å². The van der Waals surface area contributed by atoms with Crippen molar-refractivity contribution in [2.45, 2.75) is 0 Å². The monoisotopic (exact) mass is 261 g/mol. The molecular formula is C7H8IN3. The van der Waals surface area contributed by atoms with Crippen molar-refractivity contribution < 1.29 is 28.7 Å². The lowest BCUT2D eigenvalue weighted by Gasteiger charge is -1.80. The topological polar surface area (TPSA) is 32.6 Å². The maximum Gasteiger partial charge on any atom is 0.248 e. The van der Waals surface area contributed by atoms with E-state index in [4.69, 9.17) is 0 Å². The fourth-order valence-corrected chi connectivity index (χ4v) is 1.03. The maximum atomic E-state index is 4.06. The van der Waals surface area contributed by atoms with Crippen LogP contribution in [0.5, 0.6) is 0 Å². The van der Waals surface area contributed by atoms with Crippen molar-refractivity contribution in [1.82, 2.24) is 10.3 Å². The standard InChI is InChI=1S/C7H7N3.HI/c1-10-7-5-3-2-4-6(7)8-9-10;/h2-5H,1H3;1H. The van der Waals surface area contributed by atoms with Crippen LogP contribution in [0.3, 0.4) is 0 Å². The number of hydrogen-bond donors (Lipinski definition) is 1. The molecule has 0 fully saturated rings. The Hall–Kier alpha value is -0.650. The van der Waals surface area contributed by atoms with E-state index in [-0.39, 0.29) is 24.0 Å². The normalized spacial score (nSPS) is 9.55. The Balaban J connectivity index is 0.000000605. The Bertz CT molecular complexity index is 355. The van der Waals surface area contributed by atoms with E-state index >= 15 is 0 Å². The number of benzene rings is 1. The number of aromatic amines is 1. The van der Waals surface area contributed by atoms with Crippen LogP contribution < -0.4 is 28.7 Å². The third-order valence-corrected chi connectivity index (χ3v) is 1.56. The van der Waals surface area contributed by atoms with E-state index in [2.05, 4.69) is 10.3 Å². The molecule has 1 aromatic carbocycles. The molecule has 1 heterocycles. The van der Waals surface area contributed by atoms with E-state index in [1.165, 1.54) is 0 Å². The highest BCUT2D eigenvalue weighted by Crippen LogP contribution is 2.02. The zero-order chi connectivity index (χ0) is 6.97. The molecule has 11 heavy (non-hydrogen) atoms. The van der Waals surface area contributed by atoms with E-state index in [0.29, 0.717) is 0 Å². The molecule has 1 aromatic heterocycles. The average molecular weight is 261 g/mol. The number of aromatic nitrogens is 3. The van der Waals surface area contributed by atoms with Crippen LogP contribution in [-0.2, 0) is 7.05 Å². The van der Waals surface area contributed by atoms with E-state index in [9.17, 15) is 0 Å². The summed E-state index contributed by atoms with van der Waals surface area (Å²) in [5.41, 5.74) is 2.13. The first kappa shape index (κ1) is 8.45. The molecule has 0 unspecified atom stereocenters. The molecule has 0 atom stereocenters. The van der Waals surface area contributed by atoms with Crippen LogP contribution in [0.2, 0.25) is 0 Å². The fraction of sp³-hybridized carbons (Fsp3) is 0.143. The largest absolute Gasteiger partial charge is 1.00 e. The lowest BCUT2D eigenvalue weighted by molar-refractivity contribution is -0.707. The van der Waals surface area contributed by atoms with Crippen LogP contribution in [0.25, 0.3) is 11.0 Å². The first-order valence-corrected chi connectivity index (χ1v) is 3.17. The smallest absolute Gasteiger partial charge is 0.248 e. The third-order valence-electron chi connectivity index (χ3n) is 1.56. The molecule has 0 saturated heterocycles. The first-order chi connectivity index (χ1) is 4.88. The van der Waals surface area contributed by atoms with Crippen molar-refractivity contribution in [3.8, 4) is 0 Å². The average Bonchev–Trinajstić information content (AvgIpc) is 2.34. The predicted molar refractivity (Wildman–Crippen MR) is 37.3 cm³/mol. The van der Waals surface area contributed by atoms with Gasteiger partial charge in [0.2, 0.25) is 5.52 Å². The van der Waals surface area contributed by atoms with Crippen molar-refractivity contribution >= 4 is 11.0 Å². The molecule has 2 aromatic rings. The molecule has 0 spiro atoms. The van der Waals surface area contributed by atoms with Crippen molar-refractivity contribution in [3.05, 3.63) is 24.3 Å². The Morgan fingerprint density at radius 2 is 2.09 bits per heavy atom. The molecule has 58 valence electrons. The molecule has 2 rings (SSSR count). The molecule has 0 saturated carbocycles. The number of fused-ring (bicyclic) bond motifs is 1. The van der Waals surface area contributed by atoms with Gasteiger partial charge in [0, 0.05) is 5.10 Å². The Labute approximate surface area is 81.4 Å². The number of halogens is 1. The SMILES string of the molecule is C[n+]1[nH]nc2ccccc21.[I-]. The van der Waals surface area contributed by atoms with Gasteiger partial charge in [-0.1, -0.05) is 17.3 Å². The van der Waals surface area contributed by atoms with Gasteiger partial charge in [-0.2, -0.15) is 4.68 Å². The lowest BCUT2D eigenvalue weighted by atomic mass is 10.3. The minimum absolute atomic E-state index is 0. The van der Waals surface area contributed by atoms with Crippen LogP contribution in [0, 0.1) is 0 Å². The number of para-hydroxylation sites is 2. The Morgan fingerprint density at radius 1 is 1.36 bits per heavy atom. The number of H-pyrrole nitrogens is 1. The highest BCUT2D eigenvalue weighted by Gasteiger charge is 2.04. The minimum atomic E-state index is 0. The Kier molecular flexibility index (Phi) is 2.43. The highest BCUT2D eigenvalue weighted by molar-refractivity contribution is 5.69. The number of rotatable bonds is 0. The summed E-state index contributed by atoms with van der Waals surface area (Å²) >= 11 is 0. The second kappa shape index (κ2) is 3.17. The number of nitrogens with zero attached hydrogens (tertiary/aromatic N) is 2. The van der Waals surface area contributed by atoms with Crippen LogP contribution in [0.15, 0.2) is 24.3 Å². The summed E-state index contributed by atoms with van der Waals surface area (Å²) in [5.74, 6) is 0. The van der Waals surface area contributed by atoms with Crippen molar-refractivity contribution in [2.24, 2.45) is 7.05 Å². The van der Waals surface area contributed by atoms with E-state index in [1.54, 1.807) is 0 Å². The molecule has 0 aliphatic heterocycles. The molecule has 0 aliphatic rings. The zero-order valence-electron chi connectivity index (χ0n) is 6.08. The summed E-state index contributed by atoms with van der Waals surface area (Å²) < 4.78 is 1.88. The fourth-order valence-electron chi connectivity index (χ4n) is 1.03. The van der Waals surface area contributed by atoms with Crippen molar-refractivity contribution in [2.75, 3.05) is 0 Å². The van der Waals surface area contributed by atoms with Crippen LogP contribution >= 0.6 is 0 Å². The second-order valence-corrected chi connectivity index (χ2v) is 2.26. The third kappa shape index (κ3) is 1.35. The van der Waals surface area contributed by atoms with Gasteiger partial charge < -0.3 is 24.0 Å². The van der Waals surface area contributed by atoms with Gasteiger partial charge in [0.25, 0.3) is 0 Å². The summed E-state index contributed by atoms with van der Waals surface area (Å²) in [5, 5.41) is 6.90. The summed E-state index contributed by atoms with van der Waals surface area (Å²) in [6.07, 6.45) is 0. The number of nitrogens with one attached hydrogen (secondary N) is 1. The Morgan fingerprint density at radius 3 is 2.82 bits per heavy atom. The van der Waals surface area contributed by atoms with E-state index < -0.39 is 0 Å². The maximum absolute atomic E-state index is 4.06. The van der Waals surface area contributed by atoms with Gasteiger partial charge in [-0.15, -0.1) is 0 Å². The van der Waals surface area contributed by atoms with Gasteiger partial charge in [0.15, 0.2) is 5.52 Å². The van der Waals surface area contributed by atoms with Crippen molar-refractivity contribution in [1.29, 1.82) is 0 Å². The summed E-state index contributed by atoms with van der Waals surface area (Å²) in [6.45, 7) is 0. The van der Waals surface area contributed by atoms with Gasteiger partial charge in [-0.05, 0) is 12.1 Å². The van der Waals surface area contributed by atoms with Gasteiger partial charge in [0.1, 0.15) is 7.05 Å². The lowest BCUT2D eigenvalue weighted by Crippen LogP contribution is -3.00. The van der Waals surface area contributed by atoms with Crippen LogP contribution in [-0.4, -0.2) is 10.3 Å². The number of aryl methyl sites for hydroxylation is 1. The van der Waals surface area contributed by atoms with Gasteiger partial charge in [-0.3, -0.25) is 0 Å². The molecule has 4 heteroatoms. The first-order valence-electron chi connectivity index (χ1n) is 3.17. The van der Waals surface area contributed by atoms with E-state index in [1.807, 2.05) is 36.0 Å². The second-order valence-electron chi connectivity index (χ2n) is 2.26. The molecule has 3 nitrogen and oxygen atoms in total. The van der Waals surface area contributed by atoms with Gasteiger partial charge in [-0.25, -0.2) is 0 Å². The zero-order valence-corrected chi connectivity index (χ0v) is 8.24. The van der Waals surface area contributed by atoms with Gasteiger partial charge >= 0.3 is 0 Å². The molecule has 0 amide bonds.